The number of likely N-dealkylation sites (tertiary alicyclic amines) is 1. The molecule has 158 valence electrons. The molecule has 1 saturated heterocycles. The first-order chi connectivity index (χ1) is 14.5. The molecular formula is C24H28BrN3O2. The van der Waals surface area contributed by atoms with E-state index in [1.165, 1.54) is 5.56 Å². The second-order valence-electron chi connectivity index (χ2n) is 8.70. The summed E-state index contributed by atoms with van der Waals surface area (Å²) < 4.78 is 13.1. The highest BCUT2D eigenvalue weighted by Gasteiger charge is 2.52. The maximum Gasteiger partial charge on any atom is 0.200 e. The fourth-order valence-electron chi connectivity index (χ4n) is 4.93. The Balaban J connectivity index is 1.52. The Labute approximate surface area is 186 Å². The van der Waals surface area contributed by atoms with Crippen LogP contribution in [0.3, 0.4) is 0 Å². The van der Waals surface area contributed by atoms with Gasteiger partial charge < -0.3 is 14.4 Å². The first-order valence-electron chi connectivity index (χ1n) is 10.7. The van der Waals surface area contributed by atoms with E-state index in [2.05, 4.69) is 70.0 Å². The summed E-state index contributed by atoms with van der Waals surface area (Å²) in [5.74, 6) is 1.87. The highest BCUT2D eigenvalue weighted by Crippen LogP contribution is 2.50. The molecule has 0 saturated carbocycles. The van der Waals surface area contributed by atoms with Crippen LogP contribution in [-0.2, 0) is 0 Å². The minimum atomic E-state index is -0.370. The van der Waals surface area contributed by atoms with Gasteiger partial charge in [0.05, 0.1) is 18.9 Å². The highest BCUT2D eigenvalue weighted by molar-refractivity contribution is 9.10. The van der Waals surface area contributed by atoms with Crippen LogP contribution in [0.5, 0.6) is 11.5 Å². The van der Waals surface area contributed by atoms with Crippen LogP contribution in [0.2, 0.25) is 0 Å². The maximum absolute atomic E-state index is 6.73. The van der Waals surface area contributed by atoms with Gasteiger partial charge in [0.25, 0.3) is 0 Å². The lowest BCUT2D eigenvalue weighted by Crippen LogP contribution is -2.59. The van der Waals surface area contributed by atoms with Crippen molar-refractivity contribution in [2.24, 2.45) is 5.10 Å². The first-order valence-corrected chi connectivity index (χ1v) is 11.5. The summed E-state index contributed by atoms with van der Waals surface area (Å²) in [6, 6.07) is 15.4. The third kappa shape index (κ3) is 3.30. The number of benzene rings is 2. The van der Waals surface area contributed by atoms with Crippen molar-refractivity contribution < 1.29 is 9.47 Å². The molecule has 5 rings (SSSR count). The summed E-state index contributed by atoms with van der Waals surface area (Å²) >= 11 is 3.64. The highest BCUT2D eigenvalue weighted by atomic mass is 79.9. The molecule has 2 aromatic carbocycles. The van der Waals surface area contributed by atoms with Crippen molar-refractivity contribution in [3.8, 4) is 11.5 Å². The average molecular weight is 470 g/mol. The molecule has 6 heteroatoms. The van der Waals surface area contributed by atoms with Gasteiger partial charge in [-0.1, -0.05) is 15.9 Å². The molecule has 1 unspecified atom stereocenters. The Hall–Kier alpha value is -2.05. The van der Waals surface area contributed by atoms with Crippen LogP contribution in [0.1, 0.15) is 50.3 Å². The zero-order valence-corrected chi connectivity index (χ0v) is 19.4. The molecule has 1 fully saturated rings. The molecule has 1 spiro atoms. The zero-order valence-electron chi connectivity index (χ0n) is 17.8. The van der Waals surface area contributed by atoms with E-state index in [-0.39, 0.29) is 11.8 Å². The number of nitrogens with zero attached hydrogens (tertiary/aromatic N) is 3. The predicted molar refractivity (Wildman–Crippen MR) is 122 cm³/mol. The molecule has 2 aromatic rings. The van der Waals surface area contributed by atoms with Crippen LogP contribution in [-0.4, -0.2) is 47.6 Å². The third-order valence-corrected chi connectivity index (χ3v) is 7.18. The van der Waals surface area contributed by atoms with Gasteiger partial charge in [0.15, 0.2) is 0 Å². The van der Waals surface area contributed by atoms with Gasteiger partial charge >= 0.3 is 0 Å². The second kappa shape index (κ2) is 7.57. The smallest absolute Gasteiger partial charge is 0.200 e. The van der Waals surface area contributed by atoms with Crippen LogP contribution < -0.4 is 9.47 Å². The van der Waals surface area contributed by atoms with E-state index in [1.807, 2.05) is 12.1 Å². The van der Waals surface area contributed by atoms with Gasteiger partial charge in [0.1, 0.15) is 11.5 Å². The molecule has 30 heavy (non-hydrogen) atoms. The van der Waals surface area contributed by atoms with Gasteiger partial charge in [0, 0.05) is 48.4 Å². The Morgan fingerprint density at radius 2 is 1.87 bits per heavy atom. The lowest BCUT2D eigenvalue weighted by atomic mass is 9.90. The van der Waals surface area contributed by atoms with Gasteiger partial charge in [-0.25, -0.2) is 5.01 Å². The van der Waals surface area contributed by atoms with Crippen LogP contribution in [0.4, 0.5) is 0 Å². The number of halogens is 1. The molecular weight excluding hydrogens is 442 g/mol. The second-order valence-corrected chi connectivity index (χ2v) is 9.62. The SMILES string of the molecule is COc1ccc(C2=NN3C(C2)c2cc(Br)ccc2OC32CCN(C(C)C)CC2)cc1. The molecule has 5 nitrogen and oxygen atoms in total. The molecule has 3 aliphatic heterocycles. The van der Waals surface area contributed by atoms with Gasteiger partial charge in [0.2, 0.25) is 5.72 Å². The standard InChI is InChI=1S/C24H28BrN3O2/c1-16(2)27-12-10-24(11-13-27)28-22(20-14-18(25)6-9-23(20)30-24)15-21(26-28)17-4-7-19(29-3)8-5-17/h4-9,14,16,22H,10-13,15H2,1-3H3. The fraction of sp³-hybridized carbons (Fsp3) is 0.458. The number of methoxy groups -OCH3 is 1. The van der Waals surface area contributed by atoms with Gasteiger partial charge in [-0.3, -0.25) is 0 Å². The Morgan fingerprint density at radius 1 is 1.13 bits per heavy atom. The van der Waals surface area contributed by atoms with Gasteiger partial charge in [-0.2, -0.15) is 5.10 Å². The number of hydrogen-bond acceptors (Lipinski definition) is 5. The summed E-state index contributed by atoms with van der Waals surface area (Å²) in [5, 5.41) is 7.44. The molecule has 0 aromatic heterocycles. The fourth-order valence-corrected chi connectivity index (χ4v) is 5.31. The van der Waals surface area contributed by atoms with E-state index in [1.54, 1.807) is 7.11 Å². The van der Waals surface area contributed by atoms with Crippen molar-refractivity contribution in [2.75, 3.05) is 20.2 Å². The first kappa shape index (κ1) is 19.9. The summed E-state index contributed by atoms with van der Waals surface area (Å²) in [6.45, 7) is 6.59. The largest absolute Gasteiger partial charge is 0.497 e. The molecule has 0 aliphatic carbocycles. The van der Waals surface area contributed by atoms with E-state index in [0.29, 0.717) is 6.04 Å². The number of ether oxygens (including phenoxy) is 2. The number of hydrogen-bond donors (Lipinski definition) is 0. The molecule has 0 N–H and O–H groups in total. The molecule has 0 amide bonds. The average Bonchev–Trinajstić information content (AvgIpc) is 3.22. The maximum atomic E-state index is 6.73. The van der Waals surface area contributed by atoms with E-state index in [9.17, 15) is 0 Å². The molecule has 3 heterocycles. The summed E-state index contributed by atoms with van der Waals surface area (Å²) in [5.41, 5.74) is 3.11. The normalized spacial score (nSPS) is 22.5. The van der Waals surface area contributed by atoms with Crippen LogP contribution in [0, 0.1) is 0 Å². The van der Waals surface area contributed by atoms with Crippen LogP contribution in [0.25, 0.3) is 0 Å². The van der Waals surface area contributed by atoms with Crippen molar-refractivity contribution >= 4 is 21.6 Å². The summed E-state index contributed by atoms with van der Waals surface area (Å²) in [4.78, 5) is 2.53. The minimum absolute atomic E-state index is 0.203. The topological polar surface area (TPSA) is 37.3 Å². The Morgan fingerprint density at radius 3 is 2.53 bits per heavy atom. The van der Waals surface area contributed by atoms with E-state index < -0.39 is 0 Å². The van der Waals surface area contributed by atoms with Crippen molar-refractivity contribution in [3.05, 3.63) is 58.1 Å². The summed E-state index contributed by atoms with van der Waals surface area (Å²) in [6.07, 6.45) is 2.79. The van der Waals surface area contributed by atoms with Crippen LogP contribution in [0.15, 0.2) is 52.0 Å². The molecule has 0 radical (unpaired) electrons. The number of hydrazone groups is 1. The molecule has 3 aliphatic rings. The van der Waals surface area contributed by atoms with E-state index in [0.717, 1.165) is 59.6 Å². The van der Waals surface area contributed by atoms with Gasteiger partial charge in [-0.05, 0) is 61.9 Å². The Bertz CT molecular complexity index is 965. The number of rotatable bonds is 3. The van der Waals surface area contributed by atoms with E-state index in [4.69, 9.17) is 14.6 Å². The molecule has 1 atom stereocenters. The van der Waals surface area contributed by atoms with Crippen LogP contribution >= 0.6 is 15.9 Å². The van der Waals surface area contributed by atoms with E-state index >= 15 is 0 Å². The van der Waals surface area contributed by atoms with Crippen molar-refractivity contribution in [1.82, 2.24) is 9.91 Å². The molecule has 0 bridgehead atoms. The predicted octanol–water partition coefficient (Wildman–Crippen LogP) is 5.20. The summed E-state index contributed by atoms with van der Waals surface area (Å²) in [7, 11) is 1.70. The van der Waals surface area contributed by atoms with Crippen molar-refractivity contribution in [3.63, 3.8) is 0 Å². The lowest BCUT2D eigenvalue weighted by molar-refractivity contribution is -0.152. The number of piperidine rings is 1. The quantitative estimate of drug-likeness (QED) is 0.618. The Kier molecular flexibility index (Phi) is 5.02. The monoisotopic (exact) mass is 469 g/mol. The zero-order chi connectivity index (χ0) is 20.9. The van der Waals surface area contributed by atoms with Crippen molar-refractivity contribution in [2.45, 2.75) is 50.9 Å². The van der Waals surface area contributed by atoms with Crippen molar-refractivity contribution in [1.29, 1.82) is 0 Å². The lowest BCUT2D eigenvalue weighted by Gasteiger charge is -2.51. The number of fused-ring (bicyclic) bond motifs is 4. The third-order valence-electron chi connectivity index (χ3n) is 6.69. The van der Waals surface area contributed by atoms with Gasteiger partial charge in [-0.15, -0.1) is 0 Å². The minimum Gasteiger partial charge on any atom is -0.497 e.